The van der Waals surface area contributed by atoms with Gasteiger partial charge in [-0.1, -0.05) is 18.7 Å². The summed E-state index contributed by atoms with van der Waals surface area (Å²) in [7, 11) is 0. The van der Waals surface area contributed by atoms with E-state index in [1.54, 1.807) is 0 Å². The fourth-order valence-electron chi connectivity index (χ4n) is 2.04. The van der Waals surface area contributed by atoms with Crippen molar-refractivity contribution in [3.8, 4) is 0 Å². The van der Waals surface area contributed by atoms with E-state index in [-0.39, 0.29) is 24.2 Å². The quantitative estimate of drug-likeness (QED) is 0.516. The molecule has 7 heteroatoms. The summed E-state index contributed by atoms with van der Waals surface area (Å²) in [5, 5.41) is 32.2. The number of aliphatic hydroxyl groups excluding tert-OH is 3. The monoisotopic (exact) mass is 262 g/mol. The first kappa shape index (κ1) is 13.1. The minimum absolute atomic E-state index is 0.00923. The Morgan fingerprint density at radius 1 is 1.41 bits per heavy atom. The second-order valence-corrected chi connectivity index (χ2v) is 5.22. The van der Waals surface area contributed by atoms with Gasteiger partial charge in [0.2, 0.25) is 0 Å². The van der Waals surface area contributed by atoms with Crippen LogP contribution in [0.4, 0.5) is 0 Å². The third-order valence-corrected chi connectivity index (χ3v) is 4.08. The van der Waals surface area contributed by atoms with Crippen LogP contribution < -0.4 is 5.32 Å². The Kier molecular flexibility index (Phi) is 4.26. The Morgan fingerprint density at radius 2 is 2.18 bits per heavy atom. The average molecular weight is 262 g/mol. The summed E-state index contributed by atoms with van der Waals surface area (Å²) < 4.78 is 5.70. The molecule has 2 saturated heterocycles. The van der Waals surface area contributed by atoms with Crippen LogP contribution in [0.5, 0.6) is 0 Å². The van der Waals surface area contributed by atoms with Crippen LogP contribution in [-0.4, -0.2) is 63.4 Å². The van der Waals surface area contributed by atoms with Gasteiger partial charge >= 0.3 is 0 Å². The number of hydrogen-bond acceptors (Lipinski definition) is 6. The van der Waals surface area contributed by atoms with Crippen molar-refractivity contribution in [2.75, 3.05) is 13.2 Å². The molecule has 0 aromatic rings. The second kappa shape index (κ2) is 5.53. The fourth-order valence-corrected chi connectivity index (χ4v) is 3.21. The first-order valence-electron chi connectivity index (χ1n) is 5.77. The van der Waals surface area contributed by atoms with Crippen molar-refractivity contribution in [3.05, 3.63) is 0 Å². The lowest BCUT2D eigenvalue weighted by Gasteiger charge is -2.38. The molecule has 2 aliphatic heterocycles. The van der Waals surface area contributed by atoms with Gasteiger partial charge in [-0.15, -0.1) is 0 Å². The molecule has 6 nitrogen and oxygen atoms in total. The van der Waals surface area contributed by atoms with Gasteiger partial charge in [-0.25, -0.2) is 0 Å². The van der Waals surface area contributed by atoms with E-state index in [0.29, 0.717) is 18.1 Å². The van der Waals surface area contributed by atoms with Crippen molar-refractivity contribution < 1.29 is 20.1 Å². The van der Waals surface area contributed by atoms with Gasteiger partial charge in [-0.3, -0.25) is 4.99 Å². The Balaban J connectivity index is 2.04. The molecule has 98 valence electrons. The van der Waals surface area contributed by atoms with Crippen LogP contribution >= 0.6 is 11.8 Å². The van der Waals surface area contributed by atoms with Gasteiger partial charge in [-0.2, -0.15) is 0 Å². The van der Waals surface area contributed by atoms with Crippen molar-refractivity contribution in [2.45, 2.75) is 43.1 Å². The number of fused-ring (bicyclic) bond motifs is 1. The Labute approximate surface area is 104 Å². The first-order valence-corrected chi connectivity index (χ1v) is 6.65. The molecule has 0 spiro atoms. The third kappa shape index (κ3) is 2.58. The summed E-state index contributed by atoms with van der Waals surface area (Å²) in [5.41, 5.74) is -0.226. The predicted molar refractivity (Wildman–Crippen MR) is 64.9 cm³/mol. The highest BCUT2D eigenvalue weighted by atomic mass is 32.2. The standard InChI is InChI=1S/C10H18N2O4S/c1-2-5-7(14)8(15)6-9(16-5)17-10(12-6)11-3-4-13/h5-9,13-15H,2-4H2,1H3,(H,11,12)/t5-,6-,7-,8-,9-/m1/s1. The van der Waals surface area contributed by atoms with Gasteiger partial charge < -0.3 is 25.4 Å². The summed E-state index contributed by atoms with van der Waals surface area (Å²) in [6, 6.07) is -0.338. The largest absolute Gasteiger partial charge is 0.394 e. The molecule has 0 amide bonds. The highest BCUT2D eigenvalue weighted by Gasteiger charge is 2.48. The highest BCUT2D eigenvalue weighted by Crippen LogP contribution is 2.34. The Morgan fingerprint density at radius 3 is 2.82 bits per heavy atom. The van der Waals surface area contributed by atoms with E-state index in [0.717, 1.165) is 0 Å². The molecule has 0 aromatic heterocycles. The topological polar surface area (TPSA) is 94.3 Å². The zero-order chi connectivity index (χ0) is 12.4. The molecule has 17 heavy (non-hydrogen) atoms. The lowest BCUT2D eigenvalue weighted by atomic mass is 9.97. The molecule has 0 bridgehead atoms. The molecule has 5 atom stereocenters. The van der Waals surface area contributed by atoms with Crippen LogP contribution in [0, 0.1) is 0 Å². The molecule has 2 heterocycles. The smallest absolute Gasteiger partial charge is 0.159 e. The number of thioether (sulfide) groups is 1. The lowest BCUT2D eigenvalue weighted by Crippen LogP contribution is -2.58. The van der Waals surface area contributed by atoms with Gasteiger partial charge in [0.15, 0.2) is 5.17 Å². The third-order valence-electron chi connectivity index (χ3n) is 2.98. The van der Waals surface area contributed by atoms with Crippen molar-refractivity contribution in [3.63, 3.8) is 0 Å². The summed E-state index contributed by atoms with van der Waals surface area (Å²) in [6.45, 7) is 2.23. The lowest BCUT2D eigenvalue weighted by molar-refractivity contribution is -0.156. The first-order chi connectivity index (χ1) is 8.17. The summed E-state index contributed by atoms with van der Waals surface area (Å²) in [4.78, 5) is 4.12. The van der Waals surface area contributed by atoms with Gasteiger partial charge in [0, 0.05) is 0 Å². The molecular formula is C10H18N2O4S. The molecular weight excluding hydrogens is 244 g/mol. The van der Waals surface area contributed by atoms with Crippen molar-refractivity contribution >= 4 is 16.9 Å². The number of ether oxygens (including phenoxy) is 1. The Bertz CT molecular complexity index is 302. The average Bonchev–Trinajstić information content (AvgIpc) is 2.74. The predicted octanol–water partition coefficient (Wildman–Crippen LogP) is -1.10. The van der Waals surface area contributed by atoms with Crippen LogP contribution in [0.3, 0.4) is 0 Å². The number of hydrogen-bond donors (Lipinski definition) is 4. The zero-order valence-corrected chi connectivity index (χ0v) is 10.4. The maximum Gasteiger partial charge on any atom is 0.159 e. The molecule has 2 aliphatic rings. The van der Waals surface area contributed by atoms with E-state index in [9.17, 15) is 10.2 Å². The fraction of sp³-hybridized carbons (Fsp3) is 0.900. The normalized spacial score (nSPS) is 43.5. The van der Waals surface area contributed by atoms with E-state index in [1.807, 2.05) is 6.92 Å². The second-order valence-electron chi connectivity index (χ2n) is 4.13. The van der Waals surface area contributed by atoms with E-state index < -0.39 is 12.2 Å². The summed E-state index contributed by atoms with van der Waals surface area (Å²) >= 11 is 1.39. The van der Waals surface area contributed by atoms with Gasteiger partial charge in [0.1, 0.15) is 17.6 Å². The van der Waals surface area contributed by atoms with Crippen LogP contribution in [0.15, 0.2) is 4.99 Å². The number of amidine groups is 1. The Hall–Kier alpha value is -0.340. The molecule has 2 rings (SSSR count). The van der Waals surface area contributed by atoms with E-state index in [4.69, 9.17) is 9.84 Å². The number of aliphatic imine (C=N–C) groups is 1. The maximum atomic E-state index is 9.98. The minimum atomic E-state index is -0.869. The maximum absolute atomic E-state index is 9.98. The molecule has 0 unspecified atom stereocenters. The number of nitrogens with one attached hydrogen (secondary N) is 1. The van der Waals surface area contributed by atoms with Gasteiger partial charge in [-0.05, 0) is 6.42 Å². The zero-order valence-electron chi connectivity index (χ0n) is 9.61. The molecule has 0 radical (unpaired) electrons. The van der Waals surface area contributed by atoms with Crippen molar-refractivity contribution in [1.29, 1.82) is 0 Å². The molecule has 4 N–H and O–H groups in total. The molecule has 0 aliphatic carbocycles. The molecule has 0 saturated carbocycles. The number of nitrogens with zero attached hydrogens (tertiary/aromatic N) is 1. The van der Waals surface area contributed by atoms with Crippen LogP contribution in [0.25, 0.3) is 0 Å². The highest BCUT2D eigenvalue weighted by molar-refractivity contribution is 8.14. The summed E-state index contributed by atoms with van der Waals surface area (Å²) in [5.74, 6) is 0. The van der Waals surface area contributed by atoms with Gasteiger partial charge in [0.25, 0.3) is 0 Å². The van der Waals surface area contributed by atoms with Crippen LogP contribution in [0.1, 0.15) is 13.3 Å². The van der Waals surface area contributed by atoms with Crippen molar-refractivity contribution in [1.82, 2.24) is 5.32 Å². The van der Waals surface area contributed by atoms with E-state index in [2.05, 4.69) is 10.3 Å². The number of rotatable bonds is 3. The van der Waals surface area contributed by atoms with E-state index >= 15 is 0 Å². The van der Waals surface area contributed by atoms with E-state index in [1.165, 1.54) is 11.8 Å². The SMILES string of the molecule is CC[C@H]1O[C@@H]2SC(=NCCO)N[C@@H]2[C@@H](O)[C@@H]1O. The van der Waals surface area contributed by atoms with Gasteiger partial charge in [0.05, 0.1) is 25.3 Å². The molecule has 2 fully saturated rings. The summed E-state index contributed by atoms with van der Waals surface area (Å²) in [6.07, 6.45) is -1.40. The molecule has 0 aromatic carbocycles. The minimum Gasteiger partial charge on any atom is -0.394 e. The van der Waals surface area contributed by atoms with Crippen LogP contribution in [-0.2, 0) is 4.74 Å². The van der Waals surface area contributed by atoms with Crippen LogP contribution in [0.2, 0.25) is 0 Å². The number of aliphatic hydroxyl groups is 3. The van der Waals surface area contributed by atoms with Crippen molar-refractivity contribution in [2.24, 2.45) is 4.99 Å².